The van der Waals surface area contributed by atoms with E-state index in [4.69, 9.17) is 4.42 Å². The number of aryl methyl sites for hydroxylation is 1. The summed E-state index contributed by atoms with van der Waals surface area (Å²) in [5.41, 5.74) is 15.1. The van der Waals surface area contributed by atoms with Crippen LogP contribution in [0, 0.1) is 0 Å². The third-order valence-corrected chi connectivity index (χ3v) is 12.8. The second-order valence-electron chi connectivity index (χ2n) is 14.3. The normalized spacial score (nSPS) is 17.5. The number of nitrogens with zero attached hydrogens (tertiary/aromatic N) is 2. The van der Waals surface area contributed by atoms with E-state index in [0.717, 1.165) is 24.0 Å². The number of furan rings is 1. The molecule has 0 spiro atoms. The lowest BCUT2D eigenvalue weighted by molar-refractivity contribution is 0.636. The minimum absolute atomic E-state index is 0.131. The number of thiophene rings is 1. The van der Waals surface area contributed by atoms with E-state index in [1.54, 1.807) is 0 Å². The first-order chi connectivity index (χ1) is 25.8. The standard InChI is InChI=1S/C48H32N2OS/c1-2-11-30(12-3-1)49-40-17-7-4-13-33(40)37-25-26-38-34-14-5-8-18-41(34)50(48(38)47(37)49)31-22-24-36-35-23-21-29(27-44(35)52-45(36)28-31)32-16-10-20-43-46(32)39-15-6-9-19-42(39)51-43/h1-20,22,24-28,37,47H,21,23H2. The van der Waals surface area contributed by atoms with E-state index in [0.29, 0.717) is 0 Å². The van der Waals surface area contributed by atoms with Crippen LogP contribution in [-0.4, -0.2) is 4.57 Å². The van der Waals surface area contributed by atoms with Crippen molar-refractivity contribution in [2.75, 3.05) is 4.90 Å². The molecular formula is C48H32N2OS. The molecule has 0 fully saturated rings. The number of allylic oxidation sites excluding steroid dienone is 1. The van der Waals surface area contributed by atoms with Gasteiger partial charge >= 0.3 is 0 Å². The van der Waals surface area contributed by atoms with Gasteiger partial charge in [0.25, 0.3) is 0 Å². The quantitative estimate of drug-likeness (QED) is 0.185. The van der Waals surface area contributed by atoms with Crippen LogP contribution < -0.4 is 4.90 Å². The summed E-state index contributed by atoms with van der Waals surface area (Å²) in [6, 6.07) is 51.1. The Morgan fingerprint density at radius 1 is 0.654 bits per heavy atom. The van der Waals surface area contributed by atoms with E-state index in [-0.39, 0.29) is 12.0 Å². The minimum Gasteiger partial charge on any atom is -0.456 e. The molecule has 2 aliphatic carbocycles. The van der Waals surface area contributed by atoms with Crippen molar-refractivity contribution in [2.45, 2.75) is 24.8 Å². The zero-order valence-electron chi connectivity index (χ0n) is 28.3. The molecule has 0 saturated carbocycles. The van der Waals surface area contributed by atoms with Crippen molar-refractivity contribution in [1.82, 2.24) is 4.57 Å². The Balaban J connectivity index is 1.03. The predicted molar refractivity (Wildman–Crippen MR) is 218 cm³/mol. The Kier molecular flexibility index (Phi) is 5.88. The second kappa shape index (κ2) is 10.7. The van der Waals surface area contributed by atoms with Gasteiger partial charge < -0.3 is 13.9 Å². The van der Waals surface area contributed by atoms with Crippen LogP contribution in [0.5, 0.6) is 0 Å². The monoisotopic (exact) mass is 684 g/mol. The number of aromatic nitrogens is 1. The highest BCUT2D eigenvalue weighted by atomic mass is 32.1. The summed E-state index contributed by atoms with van der Waals surface area (Å²) in [4.78, 5) is 3.96. The largest absolute Gasteiger partial charge is 0.456 e. The van der Waals surface area contributed by atoms with Gasteiger partial charge in [-0.15, -0.1) is 11.3 Å². The number of hydrogen-bond acceptors (Lipinski definition) is 3. The van der Waals surface area contributed by atoms with Gasteiger partial charge in [-0.1, -0.05) is 103 Å². The number of para-hydroxylation sites is 4. The Bertz CT molecular complexity index is 2990. The van der Waals surface area contributed by atoms with Gasteiger partial charge in [-0.3, -0.25) is 0 Å². The third kappa shape index (κ3) is 3.90. The minimum atomic E-state index is 0.131. The van der Waals surface area contributed by atoms with Crippen molar-refractivity contribution in [3.8, 4) is 5.69 Å². The molecule has 6 aromatic carbocycles. The molecule has 0 N–H and O–H groups in total. The Hall–Kier alpha value is -6.10. The van der Waals surface area contributed by atoms with Crippen molar-refractivity contribution >= 4 is 83.4 Å². The van der Waals surface area contributed by atoms with Crippen molar-refractivity contribution in [2.24, 2.45) is 0 Å². The van der Waals surface area contributed by atoms with Crippen molar-refractivity contribution in [3.63, 3.8) is 0 Å². The van der Waals surface area contributed by atoms with Crippen LogP contribution in [0.3, 0.4) is 0 Å². The molecule has 2 unspecified atom stereocenters. The highest BCUT2D eigenvalue weighted by molar-refractivity contribution is 7.20. The maximum Gasteiger partial charge on any atom is 0.136 e. The summed E-state index contributed by atoms with van der Waals surface area (Å²) in [7, 11) is 0. The van der Waals surface area contributed by atoms with Gasteiger partial charge in [0.1, 0.15) is 11.2 Å². The topological polar surface area (TPSA) is 21.3 Å². The maximum atomic E-state index is 6.26. The number of benzene rings is 6. The first-order valence-electron chi connectivity index (χ1n) is 18.2. The smallest absolute Gasteiger partial charge is 0.136 e. The van der Waals surface area contributed by atoms with Gasteiger partial charge in [-0.05, 0) is 95.1 Å². The summed E-state index contributed by atoms with van der Waals surface area (Å²) >= 11 is 1.93. The summed E-state index contributed by atoms with van der Waals surface area (Å²) in [6.45, 7) is 0. The maximum absolute atomic E-state index is 6.26. The molecule has 3 aliphatic rings. The van der Waals surface area contributed by atoms with Crippen LogP contribution >= 0.6 is 11.3 Å². The molecule has 4 heterocycles. The van der Waals surface area contributed by atoms with Crippen LogP contribution in [0.15, 0.2) is 150 Å². The zero-order valence-corrected chi connectivity index (χ0v) is 29.1. The molecule has 12 rings (SSSR count). The Morgan fingerprint density at radius 3 is 2.40 bits per heavy atom. The van der Waals surface area contributed by atoms with E-state index < -0.39 is 0 Å². The van der Waals surface area contributed by atoms with E-state index in [9.17, 15) is 0 Å². The molecule has 3 nitrogen and oxygen atoms in total. The van der Waals surface area contributed by atoms with Crippen molar-refractivity contribution in [1.29, 1.82) is 0 Å². The Morgan fingerprint density at radius 2 is 1.46 bits per heavy atom. The molecule has 9 aromatic rings. The van der Waals surface area contributed by atoms with E-state index in [2.05, 4.69) is 167 Å². The fourth-order valence-electron chi connectivity index (χ4n) is 9.50. The molecular weight excluding hydrogens is 653 g/mol. The van der Waals surface area contributed by atoms with E-state index in [1.165, 1.54) is 87.2 Å². The van der Waals surface area contributed by atoms with Crippen LogP contribution in [0.25, 0.3) is 66.3 Å². The van der Waals surface area contributed by atoms with Crippen molar-refractivity contribution < 1.29 is 4.42 Å². The van der Waals surface area contributed by atoms with Gasteiger partial charge in [0, 0.05) is 54.3 Å². The second-order valence-corrected chi connectivity index (χ2v) is 15.4. The fourth-order valence-corrected chi connectivity index (χ4v) is 10.8. The third-order valence-electron chi connectivity index (χ3n) is 11.7. The first-order valence-corrected chi connectivity index (χ1v) is 19.0. The van der Waals surface area contributed by atoms with Gasteiger partial charge in [-0.2, -0.15) is 0 Å². The average molecular weight is 685 g/mol. The van der Waals surface area contributed by atoms with Crippen molar-refractivity contribution in [3.05, 3.63) is 178 Å². The van der Waals surface area contributed by atoms with E-state index >= 15 is 0 Å². The van der Waals surface area contributed by atoms with Gasteiger partial charge in [0.05, 0.1) is 17.3 Å². The molecule has 4 heteroatoms. The molecule has 0 radical (unpaired) electrons. The summed E-state index contributed by atoms with van der Waals surface area (Å²) < 4.78 is 10.2. The molecule has 0 bridgehead atoms. The number of anilines is 2. The molecule has 3 aromatic heterocycles. The highest BCUT2D eigenvalue weighted by Gasteiger charge is 2.44. The van der Waals surface area contributed by atoms with E-state index in [1.807, 2.05) is 11.3 Å². The van der Waals surface area contributed by atoms with Crippen LogP contribution in [0.1, 0.15) is 51.2 Å². The molecule has 0 amide bonds. The number of fused-ring (bicyclic) bond motifs is 13. The molecule has 1 aliphatic heterocycles. The molecule has 0 saturated heterocycles. The lowest BCUT2D eigenvalue weighted by Gasteiger charge is -2.33. The molecule has 246 valence electrons. The summed E-state index contributed by atoms with van der Waals surface area (Å²) in [6.07, 6.45) is 9.33. The van der Waals surface area contributed by atoms with Crippen LogP contribution in [0.4, 0.5) is 11.4 Å². The number of hydrogen-bond donors (Lipinski definition) is 0. The molecule has 52 heavy (non-hydrogen) atoms. The lowest BCUT2D eigenvalue weighted by atomic mass is 9.86. The first kappa shape index (κ1) is 28.6. The zero-order chi connectivity index (χ0) is 33.9. The summed E-state index contributed by atoms with van der Waals surface area (Å²) in [5, 5.41) is 5.10. The van der Waals surface area contributed by atoms with Gasteiger partial charge in [0.15, 0.2) is 0 Å². The SMILES string of the molecule is C1=CC2c3ccccc3N(c3ccccc3)C2c2c1c1ccccc1n2-c1ccc2c3c(sc2c1)C=C(c1cccc2oc4ccccc4c12)CC3. The Labute approximate surface area is 305 Å². The number of rotatable bonds is 3. The average Bonchev–Trinajstić information content (AvgIpc) is 3.95. The van der Waals surface area contributed by atoms with Crippen LogP contribution in [0.2, 0.25) is 0 Å². The fraction of sp³-hybridized carbons (Fsp3) is 0.0833. The predicted octanol–water partition coefficient (Wildman–Crippen LogP) is 13.2. The lowest BCUT2D eigenvalue weighted by Crippen LogP contribution is -2.26. The highest BCUT2D eigenvalue weighted by Crippen LogP contribution is 2.57. The summed E-state index contributed by atoms with van der Waals surface area (Å²) in [5.74, 6) is 0.255. The molecule has 2 atom stereocenters. The van der Waals surface area contributed by atoms with Crippen LogP contribution in [-0.2, 0) is 6.42 Å². The van der Waals surface area contributed by atoms with Gasteiger partial charge in [-0.25, -0.2) is 0 Å². The van der Waals surface area contributed by atoms with Gasteiger partial charge in [0.2, 0.25) is 0 Å².